The predicted octanol–water partition coefficient (Wildman–Crippen LogP) is 3.68. The second-order valence-electron chi connectivity index (χ2n) is 4.24. The van der Waals surface area contributed by atoms with Crippen LogP contribution in [0, 0.1) is 0 Å². The topological polar surface area (TPSA) is 29.5 Å². The van der Waals surface area contributed by atoms with Crippen LogP contribution in [0.25, 0.3) is 0 Å². The van der Waals surface area contributed by atoms with E-state index < -0.39 is 23.9 Å². The van der Waals surface area contributed by atoms with Gasteiger partial charge in [0.1, 0.15) is 0 Å². The van der Waals surface area contributed by atoms with Crippen LogP contribution in [0.5, 0.6) is 0 Å². The van der Waals surface area contributed by atoms with Gasteiger partial charge in [-0.3, -0.25) is 0 Å². The highest BCUT2D eigenvalue weighted by Crippen LogP contribution is 2.41. The highest BCUT2D eigenvalue weighted by atomic mass is 79.9. The zero-order valence-corrected chi connectivity index (χ0v) is 11.0. The van der Waals surface area contributed by atoms with Crippen LogP contribution >= 0.6 is 15.9 Å². The second-order valence-corrected chi connectivity index (χ2v) is 5.09. The van der Waals surface area contributed by atoms with E-state index in [1.807, 2.05) is 0 Å². The molecule has 0 amide bonds. The molecule has 0 saturated carbocycles. The monoisotopic (exact) mass is 324 g/mol. The first-order chi connectivity index (χ1) is 8.39. The summed E-state index contributed by atoms with van der Waals surface area (Å²) in [5, 5.41) is 9.55. The number of halogens is 4. The number of aliphatic hydroxyl groups excluding tert-OH is 1. The molecule has 100 valence electrons. The highest BCUT2D eigenvalue weighted by Gasteiger charge is 2.37. The summed E-state index contributed by atoms with van der Waals surface area (Å²) in [4.78, 5) is 0. The summed E-state index contributed by atoms with van der Waals surface area (Å²) in [6.45, 7) is 0.268. The lowest BCUT2D eigenvalue weighted by molar-refractivity contribution is -0.140. The van der Waals surface area contributed by atoms with Crippen molar-refractivity contribution in [2.75, 3.05) is 6.61 Å². The van der Waals surface area contributed by atoms with Crippen LogP contribution in [0.4, 0.5) is 13.2 Å². The first-order valence-electron chi connectivity index (χ1n) is 5.55. The van der Waals surface area contributed by atoms with Crippen molar-refractivity contribution < 1.29 is 23.0 Å². The van der Waals surface area contributed by atoms with Crippen molar-refractivity contribution in [2.24, 2.45) is 0 Å². The number of ether oxygens (including phenoxy) is 1. The standard InChI is InChI=1S/C12H12BrF3O2/c13-9-3-1-2-8(12(14,15)16)11(9)10-6-7(17)4-5-18-10/h1-3,7,10,17H,4-6H2. The Kier molecular flexibility index (Phi) is 3.99. The van der Waals surface area contributed by atoms with Crippen LogP contribution in [0.1, 0.15) is 30.1 Å². The largest absolute Gasteiger partial charge is 0.416 e. The van der Waals surface area contributed by atoms with Crippen molar-refractivity contribution in [3.8, 4) is 0 Å². The molecule has 0 radical (unpaired) electrons. The van der Waals surface area contributed by atoms with Gasteiger partial charge in [-0.15, -0.1) is 0 Å². The van der Waals surface area contributed by atoms with Crippen LogP contribution in [-0.4, -0.2) is 17.8 Å². The summed E-state index contributed by atoms with van der Waals surface area (Å²) in [6, 6.07) is 3.93. The first-order valence-corrected chi connectivity index (χ1v) is 6.34. The fraction of sp³-hybridized carbons (Fsp3) is 0.500. The van der Waals surface area contributed by atoms with Crippen molar-refractivity contribution in [1.29, 1.82) is 0 Å². The number of aliphatic hydroxyl groups is 1. The van der Waals surface area contributed by atoms with Crippen molar-refractivity contribution in [2.45, 2.75) is 31.2 Å². The van der Waals surface area contributed by atoms with Gasteiger partial charge in [-0.25, -0.2) is 0 Å². The van der Waals surface area contributed by atoms with E-state index in [0.717, 1.165) is 6.07 Å². The smallest absolute Gasteiger partial charge is 0.393 e. The van der Waals surface area contributed by atoms with E-state index in [2.05, 4.69) is 15.9 Å². The molecule has 1 heterocycles. The maximum Gasteiger partial charge on any atom is 0.416 e. The lowest BCUT2D eigenvalue weighted by Crippen LogP contribution is -2.25. The Hall–Kier alpha value is -0.590. The summed E-state index contributed by atoms with van der Waals surface area (Å²) in [5.74, 6) is 0. The molecular weight excluding hydrogens is 313 g/mol. The second kappa shape index (κ2) is 5.19. The molecule has 0 spiro atoms. The molecule has 2 nitrogen and oxygen atoms in total. The van der Waals surface area contributed by atoms with Gasteiger partial charge in [0.2, 0.25) is 0 Å². The maximum absolute atomic E-state index is 12.9. The Balaban J connectivity index is 2.42. The summed E-state index contributed by atoms with van der Waals surface area (Å²) in [6.07, 6.45) is -5.11. The zero-order valence-electron chi connectivity index (χ0n) is 9.38. The Bertz CT molecular complexity index is 434. The molecule has 1 aliphatic rings. The first kappa shape index (κ1) is 13.8. The van der Waals surface area contributed by atoms with Gasteiger partial charge in [-0.05, 0) is 18.6 Å². The fourth-order valence-corrected chi connectivity index (χ4v) is 2.71. The minimum Gasteiger partial charge on any atom is -0.393 e. The minimum atomic E-state index is -4.43. The lowest BCUT2D eigenvalue weighted by atomic mass is 9.95. The molecule has 0 aromatic heterocycles. The van der Waals surface area contributed by atoms with Crippen LogP contribution < -0.4 is 0 Å². The SMILES string of the molecule is OC1CCOC(c2c(Br)cccc2C(F)(F)F)C1. The Labute approximate surface area is 111 Å². The van der Waals surface area contributed by atoms with Gasteiger partial charge in [-0.2, -0.15) is 13.2 Å². The van der Waals surface area contributed by atoms with Crippen LogP contribution in [0.15, 0.2) is 22.7 Å². The quantitative estimate of drug-likeness (QED) is 0.853. The number of hydrogen-bond acceptors (Lipinski definition) is 2. The van der Waals surface area contributed by atoms with Crippen molar-refractivity contribution in [3.63, 3.8) is 0 Å². The molecule has 18 heavy (non-hydrogen) atoms. The van der Waals surface area contributed by atoms with E-state index in [-0.39, 0.29) is 18.6 Å². The number of alkyl halides is 3. The molecular formula is C12H12BrF3O2. The maximum atomic E-state index is 12.9. The molecule has 1 saturated heterocycles. The van der Waals surface area contributed by atoms with Gasteiger partial charge in [0.25, 0.3) is 0 Å². The number of hydrogen-bond donors (Lipinski definition) is 1. The molecule has 1 aromatic carbocycles. The van der Waals surface area contributed by atoms with E-state index in [9.17, 15) is 18.3 Å². The Morgan fingerprint density at radius 3 is 2.67 bits per heavy atom. The van der Waals surface area contributed by atoms with E-state index in [0.29, 0.717) is 10.9 Å². The van der Waals surface area contributed by atoms with E-state index in [1.54, 1.807) is 6.07 Å². The van der Waals surface area contributed by atoms with Gasteiger partial charge < -0.3 is 9.84 Å². The normalized spacial score (nSPS) is 25.2. The van der Waals surface area contributed by atoms with Crippen molar-refractivity contribution >= 4 is 15.9 Å². The molecule has 1 aromatic rings. The van der Waals surface area contributed by atoms with Crippen molar-refractivity contribution in [1.82, 2.24) is 0 Å². The van der Waals surface area contributed by atoms with Gasteiger partial charge in [-0.1, -0.05) is 22.0 Å². The van der Waals surface area contributed by atoms with Crippen LogP contribution in [0.3, 0.4) is 0 Å². The molecule has 2 rings (SSSR count). The molecule has 6 heteroatoms. The summed E-state index contributed by atoms with van der Waals surface area (Å²) in [7, 11) is 0. The molecule has 2 atom stereocenters. The van der Waals surface area contributed by atoms with Crippen molar-refractivity contribution in [3.05, 3.63) is 33.8 Å². The molecule has 0 aliphatic carbocycles. The van der Waals surface area contributed by atoms with Crippen LogP contribution in [0.2, 0.25) is 0 Å². The Morgan fingerprint density at radius 1 is 1.33 bits per heavy atom. The number of benzene rings is 1. The number of rotatable bonds is 1. The van der Waals surface area contributed by atoms with Crippen LogP contribution in [-0.2, 0) is 10.9 Å². The minimum absolute atomic E-state index is 0.0729. The third kappa shape index (κ3) is 2.87. The zero-order chi connectivity index (χ0) is 13.3. The average molecular weight is 325 g/mol. The molecule has 2 unspecified atom stereocenters. The lowest BCUT2D eigenvalue weighted by Gasteiger charge is -2.29. The predicted molar refractivity (Wildman–Crippen MR) is 63.1 cm³/mol. The summed E-state index contributed by atoms with van der Waals surface area (Å²) < 4.78 is 44.5. The van der Waals surface area contributed by atoms with Gasteiger partial charge >= 0.3 is 6.18 Å². The molecule has 1 aliphatic heterocycles. The molecule has 1 N–H and O–H groups in total. The van der Waals surface area contributed by atoms with E-state index in [1.165, 1.54) is 6.07 Å². The van der Waals surface area contributed by atoms with Gasteiger partial charge in [0.15, 0.2) is 0 Å². The summed E-state index contributed by atoms with van der Waals surface area (Å²) in [5.41, 5.74) is -0.639. The van der Waals surface area contributed by atoms with E-state index >= 15 is 0 Å². The highest BCUT2D eigenvalue weighted by molar-refractivity contribution is 9.10. The van der Waals surface area contributed by atoms with E-state index in [4.69, 9.17) is 4.74 Å². The molecule has 0 bridgehead atoms. The third-order valence-corrected chi connectivity index (χ3v) is 3.63. The Morgan fingerprint density at radius 2 is 2.06 bits per heavy atom. The van der Waals surface area contributed by atoms with Gasteiger partial charge in [0.05, 0.1) is 17.8 Å². The molecule has 1 fully saturated rings. The fourth-order valence-electron chi connectivity index (χ4n) is 2.09. The van der Waals surface area contributed by atoms with Gasteiger partial charge in [0, 0.05) is 23.1 Å². The average Bonchev–Trinajstić information content (AvgIpc) is 2.27. The third-order valence-electron chi connectivity index (χ3n) is 2.94. The summed E-state index contributed by atoms with van der Waals surface area (Å²) >= 11 is 3.13.